The molecule has 0 saturated heterocycles. The van der Waals surface area contributed by atoms with Crippen molar-refractivity contribution in [1.82, 2.24) is 20.6 Å². The van der Waals surface area contributed by atoms with Gasteiger partial charge in [-0.15, -0.1) is 10.2 Å². The van der Waals surface area contributed by atoms with Gasteiger partial charge in [-0.05, 0) is 24.1 Å². The van der Waals surface area contributed by atoms with Gasteiger partial charge in [-0.2, -0.15) is 5.21 Å². The molecule has 0 aliphatic rings. The van der Waals surface area contributed by atoms with Gasteiger partial charge in [0, 0.05) is 23.9 Å². The minimum atomic E-state index is -0.434. The Balaban J connectivity index is 2.38. The van der Waals surface area contributed by atoms with Crippen LogP contribution in [0.1, 0.15) is 33.1 Å². The largest absolute Gasteiger partial charge is 0.382 e. The number of nitrogens with zero attached hydrogens (tertiary/aromatic N) is 4. The molecule has 112 valence electrons. The molecule has 1 heterocycles. The molecule has 8 heteroatoms. The molecule has 2 aromatic rings. The number of aromatic nitrogens is 4. The van der Waals surface area contributed by atoms with Crippen molar-refractivity contribution in [3.05, 3.63) is 28.3 Å². The van der Waals surface area contributed by atoms with Gasteiger partial charge in [-0.3, -0.25) is 10.1 Å². The molecule has 1 unspecified atom stereocenters. The summed E-state index contributed by atoms with van der Waals surface area (Å²) >= 11 is 0. The number of nitro groups is 1. The number of benzene rings is 1. The van der Waals surface area contributed by atoms with Crippen LogP contribution in [0, 0.1) is 10.1 Å². The van der Waals surface area contributed by atoms with Crippen LogP contribution >= 0.6 is 0 Å². The van der Waals surface area contributed by atoms with Crippen LogP contribution in [0.3, 0.4) is 0 Å². The fraction of sp³-hybridized carbons (Fsp3) is 0.462. The number of H-pyrrole nitrogens is 1. The predicted molar refractivity (Wildman–Crippen MR) is 78.9 cm³/mol. The van der Waals surface area contributed by atoms with Crippen LogP contribution in [0.15, 0.2) is 18.2 Å². The number of hydrogen-bond donors (Lipinski definition) is 2. The van der Waals surface area contributed by atoms with Crippen LogP contribution < -0.4 is 5.32 Å². The second kappa shape index (κ2) is 6.78. The molecule has 2 rings (SSSR count). The van der Waals surface area contributed by atoms with Crippen LogP contribution in [0.25, 0.3) is 11.4 Å². The number of nitro benzene ring substituents is 1. The SMILES string of the molecule is CCCC(CC)Nc1ccc([N+](=O)[O-])cc1-c1nn[nH]n1. The first-order chi connectivity index (χ1) is 10.2. The minimum Gasteiger partial charge on any atom is -0.382 e. The number of aromatic amines is 1. The van der Waals surface area contributed by atoms with E-state index in [1.807, 2.05) is 0 Å². The standard InChI is InChI=1S/C13H18N6O2/c1-3-5-9(4-2)14-12-7-6-10(19(20)21)8-11(12)13-15-17-18-16-13/h6-9,14H,3-5H2,1-2H3,(H,15,16,17,18). The van der Waals surface area contributed by atoms with Gasteiger partial charge < -0.3 is 5.32 Å². The first kappa shape index (κ1) is 14.9. The highest BCUT2D eigenvalue weighted by molar-refractivity contribution is 5.75. The number of hydrogen-bond acceptors (Lipinski definition) is 6. The van der Waals surface area contributed by atoms with Gasteiger partial charge in [-0.25, -0.2) is 0 Å². The molecule has 0 amide bonds. The van der Waals surface area contributed by atoms with Gasteiger partial charge in [0.2, 0.25) is 5.82 Å². The van der Waals surface area contributed by atoms with E-state index in [-0.39, 0.29) is 5.69 Å². The molecule has 0 aliphatic carbocycles. The maximum atomic E-state index is 10.9. The molecule has 0 fully saturated rings. The first-order valence-electron chi connectivity index (χ1n) is 6.94. The Morgan fingerprint density at radius 2 is 2.24 bits per heavy atom. The molecule has 0 radical (unpaired) electrons. The Hall–Kier alpha value is -2.51. The van der Waals surface area contributed by atoms with E-state index in [0.29, 0.717) is 17.4 Å². The molecule has 8 nitrogen and oxygen atoms in total. The smallest absolute Gasteiger partial charge is 0.270 e. The topological polar surface area (TPSA) is 110 Å². The Bertz CT molecular complexity index is 599. The lowest BCUT2D eigenvalue weighted by molar-refractivity contribution is -0.384. The molecule has 2 N–H and O–H groups in total. The van der Waals surface area contributed by atoms with E-state index in [1.54, 1.807) is 6.07 Å². The highest BCUT2D eigenvalue weighted by Gasteiger charge is 2.17. The summed E-state index contributed by atoms with van der Waals surface area (Å²) in [6.07, 6.45) is 3.06. The Morgan fingerprint density at radius 1 is 1.43 bits per heavy atom. The van der Waals surface area contributed by atoms with Gasteiger partial charge in [0.05, 0.1) is 10.5 Å². The average Bonchev–Trinajstić information content (AvgIpc) is 3.01. The number of rotatable bonds is 7. The van der Waals surface area contributed by atoms with E-state index >= 15 is 0 Å². The van der Waals surface area contributed by atoms with Crippen molar-refractivity contribution in [2.75, 3.05) is 5.32 Å². The maximum Gasteiger partial charge on any atom is 0.270 e. The van der Waals surface area contributed by atoms with E-state index in [4.69, 9.17) is 0 Å². The number of nitrogens with one attached hydrogen (secondary N) is 2. The Kier molecular flexibility index (Phi) is 4.81. The third-order valence-corrected chi connectivity index (χ3v) is 3.29. The Labute approximate surface area is 122 Å². The normalized spacial score (nSPS) is 12.1. The van der Waals surface area contributed by atoms with Crippen molar-refractivity contribution in [2.24, 2.45) is 0 Å². The fourth-order valence-electron chi connectivity index (χ4n) is 2.18. The summed E-state index contributed by atoms with van der Waals surface area (Å²) in [5.74, 6) is 0.340. The van der Waals surface area contributed by atoms with Crippen molar-refractivity contribution >= 4 is 11.4 Å². The number of non-ortho nitro benzene ring substituents is 1. The lowest BCUT2D eigenvalue weighted by Crippen LogP contribution is -2.18. The fourth-order valence-corrected chi connectivity index (χ4v) is 2.18. The Morgan fingerprint density at radius 3 is 2.81 bits per heavy atom. The first-order valence-corrected chi connectivity index (χ1v) is 6.94. The molecule has 0 saturated carbocycles. The van der Waals surface area contributed by atoms with E-state index in [9.17, 15) is 10.1 Å². The van der Waals surface area contributed by atoms with E-state index in [0.717, 1.165) is 24.9 Å². The van der Waals surface area contributed by atoms with Crippen LogP contribution in [-0.2, 0) is 0 Å². The van der Waals surface area contributed by atoms with E-state index < -0.39 is 4.92 Å². The van der Waals surface area contributed by atoms with E-state index in [2.05, 4.69) is 39.8 Å². The quantitative estimate of drug-likeness (QED) is 0.599. The van der Waals surface area contributed by atoms with Crippen molar-refractivity contribution in [1.29, 1.82) is 0 Å². The number of tetrazole rings is 1. The average molecular weight is 290 g/mol. The molecule has 1 aromatic carbocycles. The summed E-state index contributed by atoms with van der Waals surface area (Å²) in [7, 11) is 0. The minimum absolute atomic E-state index is 0.00360. The van der Waals surface area contributed by atoms with Crippen LogP contribution in [-0.4, -0.2) is 31.6 Å². The molecular formula is C13H18N6O2. The number of anilines is 1. The zero-order valence-electron chi connectivity index (χ0n) is 12.0. The summed E-state index contributed by atoms with van der Waals surface area (Å²) in [5, 5.41) is 28.1. The molecule has 0 bridgehead atoms. The molecule has 21 heavy (non-hydrogen) atoms. The summed E-state index contributed by atoms with van der Waals surface area (Å²) in [4.78, 5) is 10.5. The van der Waals surface area contributed by atoms with Crippen molar-refractivity contribution in [3.63, 3.8) is 0 Å². The summed E-state index contributed by atoms with van der Waals surface area (Å²) in [5.41, 5.74) is 1.36. The second-order valence-corrected chi connectivity index (χ2v) is 4.76. The monoisotopic (exact) mass is 290 g/mol. The third kappa shape index (κ3) is 3.53. The molecular weight excluding hydrogens is 272 g/mol. The zero-order valence-corrected chi connectivity index (χ0v) is 12.0. The van der Waals surface area contributed by atoms with Crippen LogP contribution in [0.5, 0.6) is 0 Å². The lowest BCUT2D eigenvalue weighted by atomic mass is 10.1. The van der Waals surface area contributed by atoms with Gasteiger partial charge >= 0.3 is 0 Å². The molecule has 1 atom stereocenters. The molecule has 1 aromatic heterocycles. The highest BCUT2D eigenvalue weighted by Crippen LogP contribution is 2.30. The van der Waals surface area contributed by atoms with E-state index in [1.165, 1.54) is 12.1 Å². The molecule has 0 aliphatic heterocycles. The maximum absolute atomic E-state index is 10.9. The highest BCUT2D eigenvalue weighted by atomic mass is 16.6. The van der Waals surface area contributed by atoms with Crippen LogP contribution in [0.2, 0.25) is 0 Å². The van der Waals surface area contributed by atoms with Gasteiger partial charge in [0.1, 0.15) is 0 Å². The van der Waals surface area contributed by atoms with Gasteiger partial charge in [0.15, 0.2) is 0 Å². The predicted octanol–water partition coefficient (Wildman–Crippen LogP) is 2.77. The summed E-state index contributed by atoms with van der Waals surface area (Å²) < 4.78 is 0. The second-order valence-electron chi connectivity index (χ2n) is 4.76. The zero-order chi connectivity index (χ0) is 15.2. The summed E-state index contributed by atoms with van der Waals surface area (Å²) in [6, 6.07) is 4.94. The molecule has 0 spiro atoms. The van der Waals surface area contributed by atoms with Gasteiger partial charge in [0.25, 0.3) is 5.69 Å². The van der Waals surface area contributed by atoms with Crippen LogP contribution in [0.4, 0.5) is 11.4 Å². The van der Waals surface area contributed by atoms with Crippen molar-refractivity contribution < 1.29 is 4.92 Å². The third-order valence-electron chi connectivity index (χ3n) is 3.29. The lowest BCUT2D eigenvalue weighted by Gasteiger charge is -2.19. The van der Waals surface area contributed by atoms with Crippen molar-refractivity contribution in [3.8, 4) is 11.4 Å². The summed E-state index contributed by atoms with van der Waals surface area (Å²) in [6.45, 7) is 4.23. The van der Waals surface area contributed by atoms with Gasteiger partial charge in [-0.1, -0.05) is 20.3 Å². The van der Waals surface area contributed by atoms with Crippen molar-refractivity contribution in [2.45, 2.75) is 39.2 Å².